The first-order chi connectivity index (χ1) is 43.2. The number of benzene rings is 11. The molecule has 84 heavy (non-hydrogen) atoms. The molecule has 0 unspecified atom stereocenters. The van der Waals surface area contributed by atoms with Crippen LogP contribution in [0.2, 0.25) is 0 Å². The van der Waals surface area contributed by atoms with Gasteiger partial charge < -0.3 is 4.90 Å². The second-order valence-corrected chi connectivity index (χ2v) is 23.0. The van der Waals surface area contributed by atoms with E-state index in [1.54, 1.807) is 6.20 Å². The van der Waals surface area contributed by atoms with Gasteiger partial charge in [-0.1, -0.05) is 106 Å². The summed E-state index contributed by atoms with van der Waals surface area (Å²) in [5.74, 6) is 1.75. The zero-order valence-corrected chi connectivity index (χ0v) is 49.0. The molecule has 0 N–H and O–H groups in total. The van der Waals surface area contributed by atoms with Crippen molar-refractivity contribution in [2.24, 2.45) is 0 Å². The van der Waals surface area contributed by atoms with Crippen molar-refractivity contribution in [1.29, 1.82) is 0 Å². The minimum Gasteiger partial charge on any atom is -0.0616 e. The summed E-state index contributed by atoms with van der Waals surface area (Å²) in [7, 11) is 0. The third-order valence-corrected chi connectivity index (χ3v) is 16.8. The first-order valence-electron chi connectivity index (χ1n) is 30.6. The maximum absolute atomic E-state index is 9.00. The van der Waals surface area contributed by atoms with Gasteiger partial charge in [0.1, 0.15) is 0 Å². The van der Waals surface area contributed by atoms with Crippen LogP contribution in [0.15, 0.2) is 285 Å². The molecule has 0 saturated carbocycles. The number of anilines is 6. The van der Waals surface area contributed by atoms with E-state index in [9.17, 15) is 0 Å². The molecular formula is C77H59N5OPt. The second-order valence-electron chi connectivity index (χ2n) is 22.0. The van der Waals surface area contributed by atoms with Crippen LogP contribution in [0.3, 0.4) is 0 Å². The van der Waals surface area contributed by atoms with E-state index in [1.807, 2.05) is 37.3 Å². The van der Waals surface area contributed by atoms with Gasteiger partial charge in [0, 0.05) is 23.0 Å². The summed E-state index contributed by atoms with van der Waals surface area (Å²) >= 11 is 2.48. The van der Waals surface area contributed by atoms with Gasteiger partial charge in [-0.15, -0.1) is 0 Å². The molecule has 0 bridgehead atoms. The molecule has 0 saturated heterocycles. The number of nitrogens with zero attached hydrogens (tertiary/aromatic N) is 5. The molecule has 11 aromatic carbocycles. The smallest absolute Gasteiger partial charge is 0.0616 e. The Labute approximate surface area is 508 Å². The number of fused-ring (bicyclic) bond motifs is 7. The van der Waals surface area contributed by atoms with Crippen molar-refractivity contribution >= 4 is 45.3 Å². The Kier molecular flexibility index (Phi) is 12.1. The van der Waals surface area contributed by atoms with E-state index in [4.69, 9.17) is 16.6 Å². The molecule has 0 radical (unpaired) electrons. The van der Waals surface area contributed by atoms with Crippen LogP contribution in [0.25, 0.3) is 78.0 Å². The first-order valence-corrected chi connectivity index (χ1v) is 29.2. The molecule has 13 aromatic rings. The van der Waals surface area contributed by atoms with E-state index >= 15 is 0 Å². The molecule has 0 atom stereocenters. The van der Waals surface area contributed by atoms with E-state index in [2.05, 4.69) is 277 Å². The average Bonchev–Trinajstić information content (AvgIpc) is 1.79. The van der Waals surface area contributed by atoms with Crippen molar-refractivity contribution in [3.63, 3.8) is 0 Å². The van der Waals surface area contributed by atoms with Crippen LogP contribution in [0.4, 0.5) is 34.3 Å². The Morgan fingerprint density at radius 3 is 1.61 bits per heavy atom. The van der Waals surface area contributed by atoms with Crippen LogP contribution < -0.4 is 14.5 Å². The van der Waals surface area contributed by atoms with E-state index in [-0.39, 0.29) is 23.1 Å². The number of hydrogen-bond donors (Lipinski definition) is 0. The Balaban J connectivity index is 0.983. The number of ether oxygens (including phenoxy) is 1. The quantitative estimate of drug-likeness (QED) is 0.144. The van der Waals surface area contributed by atoms with Gasteiger partial charge in [0.05, 0.1) is 12.5 Å². The summed E-state index contributed by atoms with van der Waals surface area (Å²) in [4.78, 5) is 9.81. The van der Waals surface area contributed by atoms with Crippen LogP contribution in [0.5, 0.6) is 11.5 Å². The van der Waals surface area contributed by atoms with E-state index in [0.717, 1.165) is 105 Å². The van der Waals surface area contributed by atoms with Crippen LogP contribution in [0, 0.1) is 10.7 Å². The molecule has 408 valence electrons. The molecule has 2 aromatic heterocycles. The zero-order chi connectivity index (χ0) is 61.2. The number of pyridine rings is 1. The van der Waals surface area contributed by atoms with E-state index < -0.39 is 18.1 Å². The van der Waals surface area contributed by atoms with Crippen molar-refractivity contribution in [1.82, 2.24) is 14.1 Å². The Bertz CT molecular complexity index is 4900. The fraction of sp³-hybridized carbons (Fsp3) is 0.0649. The molecule has 3 heterocycles. The van der Waals surface area contributed by atoms with E-state index in [1.165, 1.54) is 0 Å². The summed E-state index contributed by atoms with van der Waals surface area (Å²) in [5.41, 5.74) is 19.0. The molecule has 7 heteroatoms. The second kappa shape index (κ2) is 21.8. The third-order valence-electron chi connectivity index (χ3n) is 15.7. The molecule has 0 spiro atoms. The Hall–Kier alpha value is -9.87. The number of imidazole rings is 1. The van der Waals surface area contributed by atoms with Gasteiger partial charge in [0.25, 0.3) is 0 Å². The predicted octanol–water partition coefficient (Wildman–Crippen LogP) is 20.9. The first kappa shape index (κ1) is 46.7. The van der Waals surface area contributed by atoms with Gasteiger partial charge in [0.15, 0.2) is 0 Å². The maximum atomic E-state index is 9.00. The molecule has 0 aliphatic carbocycles. The number of hydrogen-bond acceptors (Lipinski definition) is 4. The molecule has 0 amide bonds. The Morgan fingerprint density at radius 1 is 0.417 bits per heavy atom. The monoisotopic (exact) mass is 1270 g/mol. The normalized spacial score (nSPS) is 12.9. The molecule has 14 rings (SSSR count). The Morgan fingerprint density at radius 2 is 0.952 bits per heavy atom. The van der Waals surface area contributed by atoms with Crippen LogP contribution in [-0.4, -0.2) is 14.1 Å². The summed E-state index contributed by atoms with van der Waals surface area (Å²) < 4.78 is 56.4. The van der Waals surface area contributed by atoms with Gasteiger partial charge in [-0.05, 0) is 59.4 Å². The summed E-state index contributed by atoms with van der Waals surface area (Å²) in [6.45, 7) is 8.59. The SMILES string of the molecule is [2H]c1c([2H])c([2H])c(-c2cnc(N3c4ccc(C(C)(C)C)cc4-c4ccccc4N(c4ccccc4)c4ccccc4-c4ccc(Oc5cccc(-n6[c](=[Pt])n(-c7c(-c8ccccc8)cccc7-c7ccccc7)c7ccccc76)c5)cc43)cc2C)c([2H])c1[2H]. The minimum absolute atomic E-state index is 0.0947. The fourth-order valence-electron chi connectivity index (χ4n) is 11.7. The van der Waals surface area contributed by atoms with Crippen molar-refractivity contribution in [3.05, 3.63) is 300 Å². The summed E-state index contributed by atoms with van der Waals surface area (Å²) in [5, 5.41) is 0. The van der Waals surface area contributed by atoms with Crippen LogP contribution in [-0.2, 0) is 24.8 Å². The van der Waals surface area contributed by atoms with Gasteiger partial charge in [-0.25, -0.2) is 0 Å². The predicted molar refractivity (Wildman–Crippen MR) is 344 cm³/mol. The third kappa shape index (κ3) is 9.49. The van der Waals surface area contributed by atoms with Crippen molar-refractivity contribution in [3.8, 4) is 78.5 Å². The van der Waals surface area contributed by atoms with Gasteiger partial charge >= 0.3 is 306 Å². The van der Waals surface area contributed by atoms with Crippen LogP contribution >= 0.6 is 0 Å². The van der Waals surface area contributed by atoms with Crippen molar-refractivity contribution in [2.45, 2.75) is 33.1 Å². The van der Waals surface area contributed by atoms with Crippen LogP contribution in [0.1, 0.15) is 38.8 Å². The molecule has 1 aliphatic heterocycles. The number of aromatic nitrogens is 3. The molecule has 6 nitrogen and oxygen atoms in total. The number of aryl methyl sites for hydroxylation is 1. The average molecular weight is 1270 g/mol. The van der Waals surface area contributed by atoms with Gasteiger partial charge in [-0.3, -0.25) is 0 Å². The minimum atomic E-state index is -0.447. The van der Waals surface area contributed by atoms with Crippen molar-refractivity contribution in [2.75, 3.05) is 9.80 Å². The van der Waals surface area contributed by atoms with E-state index in [0.29, 0.717) is 28.4 Å². The standard InChI is InChI=1S/C77H59N5O.Pt/c1-53-47-75(78-51-68(53)56-29-13-7-14-30-56)82-71-46-43-57(77(2,3)4)48-67(71)65-36-18-20-40-70(65)81(58-31-15-8-16-32-58)69-39-19-17-35-64(69)66-45-44-61(50-74(66)82)83-60-34-23-33-59(49-60)79-52-80(73-42-22-21-41-72(73)79)76-62(54-25-9-5-10-26-54)37-24-38-63(76)55-27-11-6-12-28-55;/h5-51H,1-4H3;/i7D,13D,14D,29D,30D;. The topological polar surface area (TPSA) is 38.5 Å². The molecule has 1 aliphatic rings. The zero-order valence-electron chi connectivity index (χ0n) is 51.7. The van der Waals surface area contributed by atoms with Gasteiger partial charge in [-0.2, -0.15) is 0 Å². The molecular weight excluding hydrogens is 1210 g/mol. The van der Waals surface area contributed by atoms with Gasteiger partial charge in [0.2, 0.25) is 0 Å². The summed E-state index contributed by atoms with van der Waals surface area (Å²) in [6, 6.07) is 85.2. The number of para-hydroxylation sites is 6. The number of rotatable bonds is 9. The fourth-order valence-corrected chi connectivity index (χ4v) is 12.8. The molecule has 0 fully saturated rings. The van der Waals surface area contributed by atoms with Crippen molar-refractivity contribution < 1.29 is 30.9 Å². The summed E-state index contributed by atoms with van der Waals surface area (Å²) in [6.07, 6.45) is 1.64.